The van der Waals surface area contributed by atoms with Gasteiger partial charge in [-0.2, -0.15) is 0 Å². The molecule has 0 amide bonds. The molecule has 0 atom stereocenters. The molecule has 1 aromatic heterocycles. The highest BCUT2D eigenvalue weighted by molar-refractivity contribution is 6.08. The van der Waals surface area contributed by atoms with Crippen molar-refractivity contribution in [2.45, 2.75) is 39.2 Å². The predicted octanol–water partition coefficient (Wildman–Crippen LogP) is 5.05. The van der Waals surface area contributed by atoms with Crippen molar-refractivity contribution in [3.63, 3.8) is 0 Å². The van der Waals surface area contributed by atoms with Crippen LogP contribution in [0.5, 0.6) is 11.5 Å². The number of methoxy groups -OCH3 is 2. The Morgan fingerprint density at radius 1 is 1.04 bits per heavy atom. The topological polar surface area (TPSA) is 66.5 Å². The number of fused-ring (bicyclic) bond motifs is 1. The summed E-state index contributed by atoms with van der Waals surface area (Å²) in [6, 6.07) is 13.7. The van der Waals surface area contributed by atoms with Gasteiger partial charge < -0.3 is 19.8 Å². The molecule has 3 rings (SSSR count). The maximum absolute atomic E-state index is 13.0. The zero-order valence-corrected chi connectivity index (χ0v) is 16.8. The number of hydrogen-bond donors (Lipinski definition) is 1. The van der Waals surface area contributed by atoms with E-state index in [1.807, 2.05) is 47.0 Å². The Morgan fingerprint density at radius 3 is 2.50 bits per heavy atom. The molecule has 0 bridgehead atoms. The summed E-state index contributed by atoms with van der Waals surface area (Å²) in [5, 5.41) is 0.918. The van der Waals surface area contributed by atoms with Crippen LogP contribution in [0.25, 0.3) is 10.9 Å². The zero-order valence-electron chi connectivity index (χ0n) is 16.8. The average Bonchev–Trinajstić information content (AvgIpc) is 3.00. The van der Waals surface area contributed by atoms with Gasteiger partial charge in [-0.15, -0.1) is 0 Å². The number of ketones is 1. The fraction of sp³-hybridized carbons (Fsp3) is 0.348. The van der Waals surface area contributed by atoms with Gasteiger partial charge in [-0.1, -0.05) is 44.0 Å². The fourth-order valence-corrected chi connectivity index (χ4v) is 3.61. The molecule has 0 fully saturated rings. The summed E-state index contributed by atoms with van der Waals surface area (Å²) in [6.45, 7) is 2.67. The number of nitrogens with zero attached hydrogens (tertiary/aromatic N) is 1. The number of unbranched alkanes of at least 4 members (excludes halogenated alkanes) is 2. The highest BCUT2D eigenvalue weighted by atomic mass is 16.5. The summed E-state index contributed by atoms with van der Waals surface area (Å²) in [4.78, 5) is 13.0. The number of carbonyl (C=O) groups excluding carboxylic acids is 1. The van der Waals surface area contributed by atoms with Gasteiger partial charge in [-0.3, -0.25) is 4.79 Å². The minimum Gasteiger partial charge on any atom is -0.493 e. The lowest BCUT2D eigenvalue weighted by molar-refractivity contribution is 0.0972. The highest BCUT2D eigenvalue weighted by Crippen LogP contribution is 2.32. The van der Waals surface area contributed by atoms with Crippen LogP contribution >= 0.6 is 0 Å². The Morgan fingerprint density at radius 2 is 1.79 bits per heavy atom. The monoisotopic (exact) mass is 380 g/mol. The van der Waals surface area contributed by atoms with Crippen LogP contribution in [0.15, 0.2) is 42.5 Å². The lowest BCUT2D eigenvalue weighted by Gasteiger charge is -2.13. The van der Waals surface area contributed by atoms with Crippen molar-refractivity contribution in [2.75, 3.05) is 20.0 Å². The third-order valence-electron chi connectivity index (χ3n) is 5.07. The average molecular weight is 380 g/mol. The minimum atomic E-state index is 0.0997. The second-order valence-electron chi connectivity index (χ2n) is 6.94. The third-order valence-corrected chi connectivity index (χ3v) is 5.07. The Bertz CT molecular complexity index is 975. The van der Waals surface area contributed by atoms with Gasteiger partial charge in [-0.05, 0) is 30.2 Å². The number of hydrogen-bond acceptors (Lipinski definition) is 4. The number of rotatable bonds is 9. The first-order valence-electron chi connectivity index (χ1n) is 9.71. The van der Waals surface area contributed by atoms with Gasteiger partial charge in [0.05, 0.1) is 25.4 Å². The first-order valence-corrected chi connectivity index (χ1v) is 9.71. The van der Waals surface area contributed by atoms with Crippen molar-refractivity contribution in [2.24, 2.45) is 0 Å². The van der Waals surface area contributed by atoms with Crippen LogP contribution in [-0.2, 0) is 6.54 Å². The Labute approximate surface area is 166 Å². The van der Waals surface area contributed by atoms with Gasteiger partial charge in [0.25, 0.3) is 0 Å². The Hall–Kier alpha value is -2.95. The van der Waals surface area contributed by atoms with Crippen LogP contribution in [-0.4, -0.2) is 24.6 Å². The summed E-state index contributed by atoms with van der Waals surface area (Å²) in [7, 11) is 3.23. The number of anilines is 1. The van der Waals surface area contributed by atoms with E-state index < -0.39 is 0 Å². The largest absolute Gasteiger partial charge is 0.493 e. The van der Waals surface area contributed by atoms with Crippen molar-refractivity contribution in [3.05, 3.63) is 53.7 Å². The molecule has 0 radical (unpaired) electrons. The van der Waals surface area contributed by atoms with Gasteiger partial charge in [0.15, 0.2) is 17.3 Å². The summed E-state index contributed by atoms with van der Waals surface area (Å²) in [5.41, 5.74) is 9.57. The number of nitrogens with two attached hydrogens (primary N) is 1. The SMILES string of the molecule is CCCCCC(=O)c1c(N)c2ccccc2n1Cc1ccc(OC)c(OC)c1. The predicted molar refractivity (Wildman–Crippen MR) is 113 cm³/mol. The molecule has 5 nitrogen and oxygen atoms in total. The Kier molecular flexibility index (Phi) is 6.24. The lowest BCUT2D eigenvalue weighted by atomic mass is 10.1. The van der Waals surface area contributed by atoms with E-state index in [2.05, 4.69) is 6.92 Å². The van der Waals surface area contributed by atoms with Gasteiger partial charge in [0.1, 0.15) is 5.69 Å². The highest BCUT2D eigenvalue weighted by Gasteiger charge is 2.21. The van der Waals surface area contributed by atoms with E-state index in [9.17, 15) is 4.79 Å². The molecule has 1 heterocycles. The van der Waals surface area contributed by atoms with Crippen molar-refractivity contribution in [1.29, 1.82) is 0 Å². The van der Waals surface area contributed by atoms with Crippen molar-refractivity contribution < 1.29 is 14.3 Å². The van der Waals surface area contributed by atoms with Crippen LogP contribution in [0.1, 0.15) is 48.7 Å². The fourth-order valence-electron chi connectivity index (χ4n) is 3.61. The van der Waals surface area contributed by atoms with Crippen LogP contribution in [0, 0.1) is 0 Å². The van der Waals surface area contributed by atoms with Crippen molar-refractivity contribution in [1.82, 2.24) is 4.57 Å². The minimum absolute atomic E-state index is 0.0997. The smallest absolute Gasteiger partial charge is 0.181 e. The maximum atomic E-state index is 13.0. The molecule has 0 saturated carbocycles. The van der Waals surface area contributed by atoms with Crippen molar-refractivity contribution in [3.8, 4) is 11.5 Å². The van der Waals surface area contributed by atoms with Crippen LogP contribution in [0.2, 0.25) is 0 Å². The first-order chi connectivity index (χ1) is 13.6. The number of benzene rings is 2. The van der Waals surface area contributed by atoms with E-state index >= 15 is 0 Å². The number of nitrogen functional groups attached to an aromatic ring is 1. The van der Waals surface area contributed by atoms with E-state index in [-0.39, 0.29) is 5.78 Å². The number of carbonyl (C=O) groups is 1. The molecule has 0 saturated heterocycles. The second-order valence-corrected chi connectivity index (χ2v) is 6.94. The lowest BCUT2D eigenvalue weighted by Crippen LogP contribution is -2.12. The molecule has 0 aliphatic heterocycles. The van der Waals surface area contributed by atoms with E-state index in [1.54, 1.807) is 14.2 Å². The van der Waals surface area contributed by atoms with Crippen LogP contribution in [0.3, 0.4) is 0 Å². The summed E-state index contributed by atoms with van der Waals surface area (Å²) in [6.07, 6.45) is 3.52. The molecule has 0 aliphatic rings. The number of ether oxygens (including phenoxy) is 2. The van der Waals surface area contributed by atoms with E-state index in [4.69, 9.17) is 15.2 Å². The molecule has 2 aromatic carbocycles. The second kappa shape index (κ2) is 8.83. The summed E-state index contributed by atoms with van der Waals surface area (Å²) in [5.74, 6) is 1.45. The van der Waals surface area contributed by atoms with Crippen molar-refractivity contribution >= 4 is 22.4 Å². The van der Waals surface area contributed by atoms with Gasteiger partial charge >= 0.3 is 0 Å². The van der Waals surface area contributed by atoms with E-state index in [0.29, 0.717) is 35.8 Å². The molecule has 28 heavy (non-hydrogen) atoms. The van der Waals surface area contributed by atoms with Crippen LogP contribution in [0.4, 0.5) is 5.69 Å². The maximum Gasteiger partial charge on any atom is 0.181 e. The third kappa shape index (κ3) is 3.84. The molecule has 5 heteroatoms. The van der Waals surface area contributed by atoms with Crippen LogP contribution < -0.4 is 15.2 Å². The molecule has 148 valence electrons. The molecule has 2 N–H and O–H groups in total. The summed E-state index contributed by atoms with van der Waals surface area (Å²) >= 11 is 0. The number of Topliss-reactive ketones (excluding diaryl/α,β-unsaturated/α-hetero) is 1. The normalized spacial score (nSPS) is 11.0. The quantitative estimate of drug-likeness (QED) is 0.417. The molecule has 0 aliphatic carbocycles. The number of para-hydroxylation sites is 1. The van der Waals surface area contributed by atoms with Gasteiger partial charge in [-0.25, -0.2) is 0 Å². The van der Waals surface area contributed by atoms with E-state index in [1.165, 1.54) is 0 Å². The molecule has 0 spiro atoms. The summed E-state index contributed by atoms with van der Waals surface area (Å²) < 4.78 is 12.8. The first kappa shape index (κ1) is 19.8. The molecular formula is C23H28N2O3. The molecule has 3 aromatic rings. The Balaban J connectivity index is 2.04. The molecule has 0 unspecified atom stereocenters. The van der Waals surface area contributed by atoms with Gasteiger partial charge in [0.2, 0.25) is 0 Å². The number of aromatic nitrogens is 1. The zero-order chi connectivity index (χ0) is 20.1. The van der Waals surface area contributed by atoms with E-state index in [0.717, 1.165) is 35.7 Å². The molecular weight excluding hydrogens is 352 g/mol. The standard InChI is InChI=1S/C23H28N2O3/c1-4-5-6-11-19(26)23-22(24)17-9-7-8-10-18(17)25(23)15-16-12-13-20(27-2)21(14-16)28-3/h7-10,12-14H,4-6,11,15,24H2,1-3H3. The van der Waals surface area contributed by atoms with Gasteiger partial charge in [0, 0.05) is 18.4 Å².